The average molecular weight is 550 g/mol. The second kappa shape index (κ2) is 12.3. The third-order valence-corrected chi connectivity index (χ3v) is 5.89. The van der Waals surface area contributed by atoms with Crippen LogP contribution in [0.3, 0.4) is 0 Å². The monoisotopic (exact) mass is 548 g/mol. The third kappa shape index (κ3) is 6.59. The van der Waals surface area contributed by atoms with E-state index >= 15 is 0 Å². The molecule has 0 fully saturated rings. The lowest BCUT2D eigenvalue weighted by atomic mass is 10.0. The number of Topliss-reactive ketones (excluding diaryl/α,β-unsaturated/α-hetero) is 2. The van der Waals surface area contributed by atoms with Crippen LogP contribution in [-0.2, 0) is 0 Å². The first-order chi connectivity index (χ1) is 15.6. The van der Waals surface area contributed by atoms with Crippen molar-refractivity contribution >= 4 is 43.4 Å². The summed E-state index contributed by atoms with van der Waals surface area (Å²) >= 11 is 6.33. The van der Waals surface area contributed by atoms with Crippen LogP contribution in [0.4, 0.5) is 0 Å². The molecule has 0 atom stereocenters. The minimum atomic E-state index is 0.111. The van der Waals surface area contributed by atoms with Gasteiger partial charge in [0.25, 0.3) is 0 Å². The van der Waals surface area contributed by atoms with E-state index in [-0.39, 0.29) is 11.6 Å². The van der Waals surface area contributed by atoms with E-state index in [2.05, 4.69) is 56.1 Å². The van der Waals surface area contributed by atoms with Gasteiger partial charge in [0.15, 0.2) is 11.6 Å². The molecule has 0 aliphatic heterocycles. The molecule has 32 heavy (non-hydrogen) atoms. The predicted octanol–water partition coefficient (Wildman–Crippen LogP) is 7.86. The maximum atomic E-state index is 11.4. The highest BCUT2D eigenvalue weighted by atomic mass is 79.9. The highest BCUT2D eigenvalue weighted by Gasteiger charge is 2.04. The zero-order chi connectivity index (χ0) is 22.8. The summed E-state index contributed by atoms with van der Waals surface area (Å²) in [5, 5.41) is 0.745. The van der Waals surface area contributed by atoms with E-state index in [0.717, 1.165) is 22.3 Å². The number of hydrogen-bond acceptors (Lipinski definition) is 2. The van der Waals surface area contributed by atoms with Gasteiger partial charge in [-0.1, -0.05) is 141 Å². The molecule has 0 aromatic heterocycles. The minimum absolute atomic E-state index is 0.111. The Bertz CT molecular complexity index is 1040. The molecule has 4 aromatic rings. The third-order valence-electron chi connectivity index (χ3n) is 4.87. The van der Waals surface area contributed by atoms with Gasteiger partial charge in [0.1, 0.15) is 0 Å². The van der Waals surface area contributed by atoms with E-state index in [9.17, 15) is 9.59 Å². The Morgan fingerprint density at radius 3 is 1.00 bits per heavy atom. The van der Waals surface area contributed by atoms with Gasteiger partial charge < -0.3 is 0 Å². The number of hydrogen-bond donors (Lipinski definition) is 0. The van der Waals surface area contributed by atoms with Crippen molar-refractivity contribution in [3.8, 4) is 22.3 Å². The maximum absolute atomic E-state index is 11.4. The minimum Gasteiger partial charge on any atom is -0.293 e. The van der Waals surface area contributed by atoms with Crippen molar-refractivity contribution < 1.29 is 9.59 Å². The van der Waals surface area contributed by atoms with Crippen molar-refractivity contribution in [2.24, 2.45) is 0 Å². The fourth-order valence-corrected chi connectivity index (χ4v) is 3.76. The Labute approximate surface area is 205 Å². The smallest absolute Gasteiger partial charge is 0.173 e. The van der Waals surface area contributed by atoms with E-state index < -0.39 is 0 Å². The Kier molecular flexibility index (Phi) is 9.14. The van der Waals surface area contributed by atoms with Gasteiger partial charge in [-0.25, -0.2) is 0 Å². The molecule has 4 rings (SSSR count). The van der Waals surface area contributed by atoms with E-state index in [4.69, 9.17) is 0 Å². The van der Waals surface area contributed by atoms with Crippen molar-refractivity contribution in [2.75, 3.05) is 10.7 Å². The number of carbonyl (C=O) groups excluding carboxylic acids is 2. The molecular formula is C28H22Br2O2. The molecule has 4 heteroatoms. The number of carbonyl (C=O) groups is 2. The molecule has 160 valence electrons. The van der Waals surface area contributed by atoms with Crippen LogP contribution in [0.25, 0.3) is 22.3 Å². The molecule has 0 saturated carbocycles. The maximum Gasteiger partial charge on any atom is 0.173 e. The second-order valence-electron chi connectivity index (χ2n) is 7.00. The number of halogens is 2. The Hall–Kier alpha value is -2.82. The van der Waals surface area contributed by atoms with Crippen molar-refractivity contribution in [1.82, 2.24) is 0 Å². The van der Waals surface area contributed by atoms with Crippen LogP contribution < -0.4 is 0 Å². The predicted molar refractivity (Wildman–Crippen MR) is 140 cm³/mol. The van der Waals surface area contributed by atoms with Crippen molar-refractivity contribution in [3.05, 3.63) is 120 Å². The van der Waals surface area contributed by atoms with Crippen LogP contribution in [0.15, 0.2) is 109 Å². The van der Waals surface area contributed by atoms with Crippen LogP contribution in [0.1, 0.15) is 20.7 Å². The average Bonchev–Trinajstić information content (AvgIpc) is 2.89. The van der Waals surface area contributed by atoms with Crippen LogP contribution in [-0.4, -0.2) is 22.2 Å². The van der Waals surface area contributed by atoms with Crippen LogP contribution in [0.2, 0.25) is 0 Å². The lowest BCUT2D eigenvalue weighted by Crippen LogP contribution is -1.98. The van der Waals surface area contributed by atoms with Gasteiger partial charge in [-0.2, -0.15) is 0 Å². The van der Waals surface area contributed by atoms with Gasteiger partial charge >= 0.3 is 0 Å². The van der Waals surface area contributed by atoms with E-state index in [1.165, 1.54) is 11.1 Å². The summed E-state index contributed by atoms with van der Waals surface area (Å²) in [5.41, 5.74) is 6.09. The standard InChI is InChI=1S/2C14H11BrO/c2*15-10-14(16)13-8-6-12(7-9-13)11-4-2-1-3-5-11/h2*1-9H,10H2. The number of ketones is 2. The Morgan fingerprint density at radius 2 is 0.719 bits per heavy atom. The van der Waals surface area contributed by atoms with Crippen LogP contribution >= 0.6 is 31.9 Å². The lowest BCUT2D eigenvalue weighted by molar-refractivity contribution is 0.101. The Balaban J connectivity index is 0.000000181. The molecule has 0 unspecified atom stereocenters. The SMILES string of the molecule is O=C(CBr)c1ccc(-c2ccccc2)cc1.O=C(CBr)c1ccc(-c2ccccc2)cc1. The quantitative estimate of drug-likeness (QED) is 0.181. The van der Waals surface area contributed by atoms with E-state index in [1.54, 1.807) is 0 Å². The molecule has 0 N–H and O–H groups in total. The first-order valence-corrected chi connectivity index (χ1v) is 12.4. The van der Waals surface area contributed by atoms with Gasteiger partial charge in [0, 0.05) is 11.1 Å². The Morgan fingerprint density at radius 1 is 0.438 bits per heavy atom. The largest absolute Gasteiger partial charge is 0.293 e. The zero-order valence-corrected chi connectivity index (χ0v) is 20.6. The normalized spacial score (nSPS) is 10.1. The van der Waals surface area contributed by atoms with Gasteiger partial charge in [-0.3, -0.25) is 9.59 Å². The topological polar surface area (TPSA) is 34.1 Å². The molecule has 0 spiro atoms. The fourth-order valence-electron chi connectivity index (χ4n) is 3.11. The van der Waals surface area contributed by atoms with Gasteiger partial charge in [0.05, 0.1) is 10.7 Å². The van der Waals surface area contributed by atoms with Gasteiger partial charge in [-0.15, -0.1) is 0 Å². The zero-order valence-electron chi connectivity index (χ0n) is 17.4. The summed E-state index contributed by atoms with van der Waals surface area (Å²) in [5.74, 6) is 0.222. The highest BCUT2D eigenvalue weighted by Crippen LogP contribution is 2.20. The first-order valence-electron chi connectivity index (χ1n) is 10.1. The van der Waals surface area contributed by atoms with Gasteiger partial charge in [-0.05, 0) is 22.3 Å². The van der Waals surface area contributed by atoms with Gasteiger partial charge in [0.2, 0.25) is 0 Å². The highest BCUT2D eigenvalue weighted by molar-refractivity contribution is 9.09. The molecule has 0 saturated heterocycles. The summed E-state index contributed by atoms with van der Waals surface area (Å²) in [6, 6.07) is 35.6. The number of benzene rings is 4. The molecule has 0 radical (unpaired) electrons. The first kappa shape index (κ1) is 23.8. The summed E-state index contributed by atoms with van der Waals surface area (Å²) < 4.78 is 0. The summed E-state index contributed by atoms with van der Waals surface area (Å²) in [7, 11) is 0. The molecule has 0 aliphatic carbocycles. The molecule has 4 aromatic carbocycles. The molecule has 0 aliphatic rings. The van der Waals surface area contributed by atoms with E-state index in [0.29, 0.717) is 10.7 Å². The molecule has 2 nitrogen and oxygen atoms in total. The second-order valence-corrected chi connectivity index (χ2v) is 8.12. The number of rotatable bonds is 6. The van der Waals surface area contributed by atoms with Crippen LogP contribution in [0, 0.1) is 0 Å². The summed E-state index contributed by atoms with van der Waals surface area (Å²) in [6.45, 7) is 0. The van der Waals surface area contributed by atoms with Crippen molar-refractivity contribution in [2.45, 2.75) is 0 Å². The molecular weight excluding hydrogens is 528 g/mol. The van der Waals surface area contributed by atoms with E-state index in [1.807, 2.05) is 84.9 Å². The number of alkyl halides is 2. The fraction of sp³-hybridized carbons (Fsp3) is 0.0714. The molecule has 0 bridgehead atoms. The van der Waals surface area contributed by atoms with Crippen molar-refractivity contribution in [1.29, 1.82) is 0 Å². The molecule has 0 heterocycles. The summed E-state index contributed by atoms with van der Waals surface area (Å²) in [6.07, 6.45) is 0. The molecule has 0 amide bonds. The lowest BCUT2D eigenvalue weighted by Gasteiger charge is -2.02. The van der Waals surface area contributed by atoms with Crippen molar-refractivity contribution in [3.63, 3.8) is 0 Å². The van der Waals surface area contributed by atoms with Crippen LogP contribution in [0.5, 0.6) is 0 Å². The summed E-state index contributed by atoms with van der Waals surface area (Å²) in [4.78, 5) is 22.8.